The number of nitrogens with one attached hydrogen (secondary N) is 2. The molecule has 28 heavy (non-hydrogen) atoms. The molecule has 2 aliphatic rings. The Kier molecular flexibility index (Phi) is 5.71. The molecule has 2 aliphatic heterocycles. The van der Waals surface area contributed by atoms with Gasteiger partial charge in [0.1, 0.15) is 12.1 Å². The van der Waals surface area contributed by atoms with E-state index in [-0.39, 0.29) is 50.7 Å². The summed E-state index contributed by atoms with van der Waals surface area (Å²) in [5.74, 6) is -1.15. The van der Waals surface area contributed by atoms with Crippen LogP contribution in [0.2, 0.25) is 0 Å². The fourth-order valence-corrected chi connectivity index (χ4v) is 3.48. The average molecular weight is 398 g/mol. The molecule has 3 rings (SSSR count). The fraction of sp³-hybridized carbons (Fsp3) is 0.500. The van der Waals surface area contributed by atoms with Crippen molar-refractivity contribution in [2.75, 3.05) is 6.54 Å². The predicted octanol–water partition coefficient (Wildman–Crippen LogP) is 0.817. The molecular formula is C18H21F3N4O3. The first-order valence-corrected chi connectivity index (χ1v) is 8.97. The highest BCUT2D eigenvalue weighted by molar-refractivity contribution is 6.05. The first kappa shape index (κ1) is 20.3. The summed E-state index contributed by atoms with van der Waals surface area (Å²) in [6.45, 7) is 0.519. The number of rotatable bonds is 6. The lowest BCUT2D eigenvalue weighted by Gasteiger charge is -2.29. The number of alkyl halides is 3. The molecular weight excluding hydrogens is 377 g/mol. The van der Waals surface area contributed by atoms with Crippen molar-refractivity contribution < 1.29 is 27.6 Å². The highest BCUT2D eigenvalue weighted by Gasteiger charge is 2.40. The van der Waals surface area contributed by atoms with E-state index in [4.69, 9.17) is 5.73 Å². The number of carbonyl (C=O) groups is 3. The van der Waals surface area contributed by atoms with Crippen molar-refractivity contribution in [1.82, 2.24) is 15.5 Å². The SMILES string of the molecule is NC(CCNCc1cccc2c1C(=O)N(C1CCC(=O)NC1=O)C2)C(F)(F)F. The second kappa shape index (κ2) is 7.88. The Balaban J connectivity index is 1.64. The topological polar surface area (TPSA) is 105 Å². The fourth-order valence-electron chi connectivity index (χ4n) is 3.48. The molecule has 3 amide bonds. The minimum Gasteiger partial charge on any atom is -0.322 e. The highest BCUT2D eigenvalue weighted by Crippen LogP contribution is 2.29. The number of halogens is 3. The van der Waals surface area contributed by atoms with E-state index >= 15 is 0 Å². The third-order valence-corrected chi connectivity index (χ3v) is 5.01. The van der Waals surface area contributed by atoms with Crippen LogP contribution in [0.1, 0.15) is 40.7 Å². The van der Waals surface area contributed by atoms with Gasteiger partial charge in [-0.15, -0.1) is 0 Å². The quantitative estimate of drug-likeness (QED) is 0.486. The minimum absolute atomic E-state index is 0.0510. The number of fused-ring (bicyclic) bond motifs is 1. The number of piperidine rings is 1. The summed E-state index contributed by atoms with van der Waals surface area (Å²) in [6.07, 6.45) is -4.26. The number of nitrogens with zero attached hydrogens (tertiary/aromatic N) is 1. The Morgan fingerprint density at radius 2 is 2.04 bits per heavy atom. The Morgan fingerprint density at radius 3 is 2.71 bits per heavy atom. The number of imide groups is 1. The average Bonchev–Trinajstić information content (AvgIpc) is 2.95. The zero-order valence-electron chi connectivity index (χ0n) is 15.0. The van der Waals surface area contributed by atoms with E-state index in [0.717, 1.165) is 5.56 Å². The molecule has 1 aromatic rings. The zero-order chi connectivity index (χ0) is 20.5. The monoisotopic (exact) mass is 398 g/mol. The summed E-state index contributed by atoms with van der Waals surface area (Å²) in [5.41, 5.74) is 6.94. The van der Waals surface area contributed by atoms with E-state index in [1.165, 1.54) is 4.90 Å². The molecule has 0 aliphatic carbocycles. The number of amides is 3. The second-order valence-electron chi connectivity index (χ2n) is 6.96. The van der Waals surface area contributed by atoms with Crippen LogP contribution in [-0.4, -0.2) is 47.4 Å². The van der Waals surface area contributed by atoms with Crippen LogP contribution in [0.25, 0.3) is 0 Å². The van der Waals surface area contributed by atoms with Crippen LogP contribution in [0.4, 0.5) is 13.2 Å². The largest absolute Gasteiger partial charge is 0.403 e. The molecule has 7 nitrogen and oxygen atoms in total. The number of carbonyl (C=O) groups excluding carboxylic acids is 3. The molecule has 2 atom stereocenters. The van der Waals surface area contributed by atoms with E-state index in [2.05, 4.69) is 10.6 Å². The Morgan fingerprint density at radius 1 is 1.29 bits per heavy atom. The van der Waals surface area contributed by atoms with Crippen molar-refractivity contribution >= 4 is 17.7 Å². The number of benzene rings is 1. The molecule has 0 bridgehead atoms. The second-order valence-corrected chi connectivity index (χ2v) is 6.96. The van der Waals surface area contributed by atoms with Gasteiger partial charge in [0.25, 0.3) is 5.91 Å². The molecule has 10 heteroatoms. The molecule has 0 spiro atoms. The number of nitrogens with two attached hydrogens (primary N) is 1. The van der Waals surface area contributed by atoms with E-state index in [0.29, 0.717) is 11.1 Å². The van der Waals surface area contributed by atoms with Crippen LogP contribution in [0, 0.1) is 0 Å². The van der Waals surface area contributed by atoms with Crippen molar-refractivity contribution in [3.63, 3.8) is 0 Å². The van der Waals surface area contributed by atoms with Gasteiger partial charge in [-0.3, -0.25) is 19.7 Å². The van der Waals surface area contributed by atoms with Crippen LogP contribution in [-0.2, 0) is 22.7 Å². The van der Waals surface area contributed by atoms with Gasteiger partial charge < -0.3 is 16.0 Å². The molecule has 0 radical (unpaired) electrons. The number of hydrogen-bond acceptors (Lipinski definition) is 5. The van der Waals surface area contributed by atoms with Crippen molar-refractivity contribution in [2.24, 2.45) is 5.73 Å². The van der Waals surface area contributed by atoms with Crippen LogP contribution in [0.3, 0.4) is 0 Å². The maximum atomic E-state index is 12.9. The molecule has 1 aromatic carbocycles. The van der Waals surface area contributed by atoms with Crippen LogP contribution in [0.15, 0.2) is 18.2 Å². The molecule has 1 saturated heterocycles. The molecule has 152 valence electrons. The minimum atomic E-state index is -4.44. The van der Waals surface area contributed by atoms with Gasteiger partial charge in [-0.25, -0.2) is 0 Å². The van der Waals surface area contributed by atoms with Gasteiger partial charge in [-0.1, -0.05) is 18.2 Å². The third-order valence-electron chi connectivity index (χ3n) is 5.01. The molecule has 4 N–H and O–H groups in total. The van der Waals surface area contributed by atoms with Gasteiger partial charge >= 0.3 is 6.18 Å². The van der Waals surface area contributed by atoms with E-state index < -0.39 is 24.2 Å². The molecule has 2 unspecified atom stereocenters. The van der Waals surface area contributed by atoms with Gasteiger partial charge in [0.15, 0.2) is 0 Å². The van der Waals surface area contributed by atoms with Crippen molar-refractivity contribution in [2.45, 2.75) is 50.6 Å². The zero-order valence-corrected chi connectivity index (χ0v) is 15.0. The summed E-state index contributed by atoms with van der Waals surface area (Å²) in [6, 6.07) is 2.66. The lowest BCUT2D eigenvalue weighted by molar-refractivity contribution is -0.148. The Labute approximate surface area is 159 Å². The van der Waals surface area contributed by atoms with E-state index in [9.17, 15) is 27.6 Å². The van der Waals surface area contributed by atoms with Crippen molar-refractivity contribution in [3.05, 3.63) is 34.9 Å². The normalized spacial score (nSPS) is 20.9. The predicted molar refractivity (Wildman–Crippen MR) is 92.8 cm³/mol. The van der Waals surface area contributed by atoms with Crippen LogP contribution in [0.5, 0.6) is 0 Å². The van der Waals surface area contributed by atoms with Gasteiger partial charge in [-0.05, 0) is 30.5 Å². The first-order chi connectivity index (χ1) is 13.2. The molecule has 2 heterocycles. The van der Waals surface area contributed by atoms with E-state index in [1.54, 1.807) is 18.2 Å². The number of hydrogen-bond donors (Lipinski definition) is 3. The summed E-state index contributed by atoms with van der Waals surface area (Å²) >= 11 is 0. The van der Waals surface area contributed by atoms with Crippen molar-refractivity contribution in [1.29, 1.82) is 0 Å². The highest BCUT2D eigenvalue weighted by atomic mass is 19.4. The van der Waals surface area contributed by atoms with Gasteiger partial charge in [-0.2, -0.15) is 13.2 Å². The maximum Gasteiger partial charge on any atom is 0.403 e. The summed E-state index contributed by atoms with van der Waals surface area (Å²) in [7, 11) is 0. The van der Waals surface area contributed by atoms with Gasteiger partial charge in [0, 0.05) is 25.1 Å². The van der Waals surface area contributed by atoms with E-state index in [1.807, 2.05) is 0 Å². The molecule has 0 saturated carbocycles. The maximum absolute atomic E-state index is 12.9. The molecule has 0 aromatic heterocycles. The lowest BCUT2D eigenvalue weighted by atomic mass is 10.0. The molecule has 1 fully saturated rings. The van der Waals surface area contributed by atoms with Gasteiger partial charge in [0.05, 0.1) is 0 Å². The summed E-state index contributed by atoms with van der Waals surface area (Å²) < 4.78 is 37.3. The Hall–Kier alpha value is -2.46. The standard InChI is InChI=1S/C18H21F3N4O3/c19-18(20,21)13(22)6-7-23-8-10-2-1-3-11-9-25(17(28)15(10)11)12-4-5-14(26)24-16(12)27/h1-3,12-13,23H,4-9,22H2,(H,24,26,27). The smallest absolute Gasteiger partial charge is 0.322 e. The Bertz CT molecular complexity index is 797. The van der Waals surface area contributed by atoms with Crippen LogP contribution < -0.4 is 16.4 Å². The first-order valence-electron chi connectivity index (χ1n) is 8.97. The third kappa shape index (κ3) is 4.17. The summed E-state index contributed by atoms with van der Waals surface area (Å²) in [5, 5.41) is 5.13. The van der Waals surface area contributed by atoms with Crippen molar-refractivity contribution in [3.8, 4) is 0 Å². The summed E-state index contributed by atoms with van der Waals surface area (Å²) in [4.78, 5) is 37.7. The van der Waals surface area contributed by atoms with Gasteiger partial charge in [0.2, 0.25) is 11.8 Å². The lowest BCUT2D eigenvalue weighted by Crippen LogP contribution is -2.52. The van der Waals surface area contributed by atoms with Crippen LogP contribution >= 0.6 is 0 Å².